The van der Waals surface area contributed by atoms with Crippen molar-refractivity contribution >= 4 is 11.3 Å². The number of hydrogen-bond acceptors (Lipinski definition) is 1. The number of nitrogens with zero attached hydrogens (tertiary/aromatic N) is 1. The van der Waals surface area contributed by atoms with Crippen molar-refractivity contribution in [1.29, 1.82) is 0 Å². The van der Waals surface area contributed by atoms with Crippen LogP contribution in [0.25, 0.3) is 5.57 Å². The van der Waals surface area contributed by atoms with Gasteiger partial charge in [-0.15, -0.1) is 0 Å². The summed E-state index contributed by atoms with van der Waals surface area (Å²) in [5.74, 6) is 0. The maximum Gasteiger partial charge on any atom is 0.0442 e. The largest absolute Gasteiger partial charge is 0.371 e. The van der Waals surface area contributed by atoms with Crippen LogP contribution < -0.4 is 4.90 Å². The molecule has 0 bridgehead atoms. The molecule has 0 atom stereocenters. The van der Waals surface area contributed by atoms with Gasteiger partial charge in [-0.05, 0) is 31.4 Å². The first-order valence-electron chi connectivity index (χ1n) is 5.29. The Morgan fingerprint density at radius 3 is 2.50 bits per heavy atom. The van der Waals surface area contributed by atoms with Gasteiger partial charge in [0.2, 0.25) is 0 Å². The van der Waals surface area contributed by atoms with Crippen LogP contribution in [0, 0.1) is 0 Å². The van der Waals surface area contributed by atoms with E-state index in [-0.39, 0.29) is 0 Å². The van der Waals surface area contributed by atoms with Crippen LogP contribution in [0.1, 0.15) is 25.3 Å². The fraction of sp³-hybridized carbons (Fsp3) is 0.385. The Kier molecular flexibility index (Phi) is 2.58. The van der Waals surface area contributed by atoms with Crippen molar-refractivity contribution in [3.05, 3.63) is 36.4 Å². The van der Waals surface area contributed by atoms with E-state index >= 15 is 0 Å². The van der Waals surface area contributed by atoms with E-state index in [2.05, 4.69) is 42.7 Å². The minimum absolute atomic E-state index is 1.16. The van der Waals surface area contributed by atoms with Gasteiger partial charge < -0.3 is 4.90 Å². The lowest BCUT2D eigenvalue weighted by molar-refractivity contribution is 0.949. The zero-order chi connectivity index (χ0) is 9.97. The number of benzene rings is 1. The van der Waals surface area contributed by atoms with Crippen LogP contribution in [-0.4, -0.2) is 13.1 Å². The molecule has 0 aliphatic carbocycles. The molecule has 0 amide bonds. The van der Waals surface area contributed by atoms with Crippen LogP contribution in [0.2, 0.25) is 0 Å². The van der Waals surface area contributed by atoms with E-state index < -0.39 is 0 Å². The van der Waals surface area contributed by atoms with Crippen molar-refractivity contribution in [1.82, 2.24) is 0 Å². The van der Waals surface area contributed by atoms with E-state index in [1.807, 2.05) is 0 Å². The molecule has 1 fully saturated rings. The van der Waals surface area contributed by atoms with Crippen LogP contribution in [0.4, 0.5) is 5.69 Å². The standard InChI is InChI=1S/C13H17N/c1-11(2)12-7-3-4-8-13(12)14-9-5-6-10-14/h3-4,7-8H,1,5-6,9-10H2,2H3. The SMILES string of the molecule is C=C(C)c1ccccc1N1CCCC1. The summed E-state index contributed by atoms with van der Waals surface area (Å²) in [7, 11) is 0. The molecule has 1 aromatic carbocycles. The quantitative estimate of drug-likeness (QED) is 0.686. The van der Waals surface area contributed by atoms with E-state index in [0.29, 0.717) is 0 Å². The second-order valence-electron chi connectivity index (χ2n) is 3.99. The predicted molar refractivity (Wildman–Crippen MR) is 62.6 cm³/mol. The molecule has 1 heterocycles. The average molecular weight is 187 g/mol. The molecule has 1 nitrogen and oxygen atoms in total. The second-order valence-corrected chi connectivity index (χ2v) is 3.99. The molecule has 1 aliphatic rings. The summed E-state index contributed by atoms with van der Waals surface area (Å²) < 4.78 is 0. The molecule has 1 heteroatoms. The Hall–Kier alpha value is -1.24. The lowest BCUT2D eigenvalue weighted by Crippen LogP contribution is -2.18. The van der Waals surface area contributed by atoms with E-state index in [1.54, 1.807) is 0 Å². The van der Waals surface area contributed by atoms with Gasteiger partial charge in [0.25, 0.3) is 0 Å². The number of rotatable bonds is 2. The summed E-state index contributed by atoms with van der Waals surface area (Å²) in [4.78, 5) is 2.46. The van der Waals surface area contributed by atoms with Gasteiger partial charge >= 0.3 is 0 Å². The number of para-hydroxylation sites is 1. The molecule has 2 rings (SSSR count). The van der Waals surface area contributed by atoms with Gasteiger partial charge in [0, 0.05) is 24.3 Å². The monoisotopic (exact) mass is 187 g/mol. The molecule has 1 aromatic rings. The lowest BCUT2D eigenvalue weighted by atomic mass is 10.1. The van der Waals surface area contributed by atoms with Crippen LogP contribution in [0.5, 0.6) is 0 Å². The average Bonchev–Trinajstić information content (AvgIpc) is 2.70. The third-order valence-electron chi connectivity index (χ3n) is 2.81. The highest BCUT2D eigenvalue weighted by atomic mass is 15.1. The van der Waals surface area contributed by atoms with Crippen LogP contribution >= 0.6 is 0 Å². The first kappa shape index (κ1) is 9.32. The van der Waals surface area contributed by atoms with Crippen LogP contribution in [0.15, 0.2) is 30.8 Å². The van der Waals surface area contributed by atoms with Gasteiger partial charge in [0.05, 0.1) is 0 Å². The molecular weight excluding hydrogens is 170 g/mol. The highest BCUT2D eigenvalue weighted by molar-refractivity contribution is 5.74. The molecule has 0 spiro atoms. The summed E-state index contributed by atoms with van der Waals surface area (Å²) >= 11 is 0. The zero-order valence-corrected chi connectivity index (χ0v) is 8.79. The summed E-state index contributed by atoms with van der Waals surface area (Å²) in [6.07, 6.45) is 2.65. The molecule has 1 aliphatic heterocycles. The third kappa shape index (κ3) is 1.67. The van der Waals surface area contributed by atoms with Gasteiger partial charge in [-0.25, -0.2) is 0 Å². The van der Waals surface area contributed by atoms with E-state index in [4.69, 9.17) is 0 Å². The van der Waals surface area contributed by atoms with Crippen LogP contribution in [-0.2, 0) is 0 Å². The predicted octanol–water partition coefficient (Wildman–Crippen LogP) is 3.32. The number of hydrogen-bond donors (Lipinski definition) is 0. The Morgan fingerprint density at radius 1 is 1.21 bits per heavy atom. The van der Waals surface area contributed by atoms with E-state index in [0.717, 1.165) is 5.57 Å². The molecule has 14 heavy (non-hydrogen) atoms. The molecule has 0 saturated carbocycles. The molecule has 0 unspecified atom stereocenters. The molecule has 0 N–H and O–H groups in total. The van der Waals surface area contributed by atoms with Crippen molar-refractivity contribution in [2.45, 2.75) is 19.8 Å². The highest BCUT2D eigenvalue weighted by Crippen LogP contribution is 2.28. The first-order valence-corrected chi connectivity index (χ1v) is 5.29. The van der Waals surface area contributed by atoms with E-state index in [1.165, 1.54) is 37.2 Å². The molecule has 0 radical (unpaired) electrons. The fourth-order valence-corrected chi connectivity index (χ4v) is 2.07. The minimum atomic E-state index is 1.16. The van der Waals surface area contributed by atoms with Crippen molar-refractivity contribution in [3.8, 4) is 0 Å². The maximum atomic E-state index is 4.03. The lowest BCUT2D eigenvalue weighted by Gasteiger charge is -2.21. The highest BCUT2D eigenvalue weighted by Gasteiger charge is 2.14. The summed E-state index contributed by atoms with van der Waals surface area (Å²) in [5, 5.41) is 0. The maximum absolute atomic E-state index is 4.03. The zero-order valence-electron chi connectivity index (χ0n) is 8.79. The second kappa shape index (κ2) is 3.87. The summed E-state index contributed by atoms with van der Waals surface area (Å²) in [5.41, 5.74) is 3.82. The Balaban J connectivity index is 2.35. The molecular formula is C13H17N. The van der Waals surface area contributed by atoms with Crippen molar-refractivity contribution in [2.24, 2.45) is 0 Å². The third-order valence-corrected chi connectivity index (χ3v) is 2.81. The van der Waals surface area contributed by atoms with Crippen LogP contribution in [0.3, 0.4) is 0 Å². The summed E-state index contributed by atoms with van der Waals surface area (Å²) in [6.45, 7) is 8.51. The Morgan fingerprint density at radius 2 is 1.86 bits per heavy atom. The van der Waals surface area contributed by atoms with Gasteiger partial charge in [0.15, 0.2) is 0 Å². The van der Waals surface area contributed by atoms with Crippen molar-refractivity contribution in [2.75, 3.05) is 18.0 Å². The molecule has 0 aromatic heterocycles. The summed E-state index contributed by atoms with van der Waals surface area (Å²) in [6, 6.07) is 8.56. The smallest absolute Gasteiger partial charge is 0.0442 e. The topological polar surface area (TPSA) is 3.24 Å². The molecule has 1 saturated heterocycles. The normalized spacial score (nSPS) is 15.9. The van der Waals surface area contributed by atoms with Gasteiger partial charge in [-0.2, -0.15) is 0 Å². The Labute approximate surface area is 86.1 Å². The first-order chi connectivity index (χ1) is 6.79. The number of anilines is 1. The Bertz CT molecular complexity index is 335. The number of allylic oxidation sites excluding steroid dienone is 1. The van der Waals surface area contributed by atoms with Crippen molar-refractivity contribution < 1.29 is 0 Å². The molecule has 74 valence electrons. The van der Waals surface area contributed by atoms with Gasteiger partial charge in [-0.3, -0.25) is 0 Å². The minimum Gasteiger partial charge on any atom is -0.371 e. The van der Waals surface area contributed by atoms with E-state index in [9.17, 15) is 0 Å². The van der Waals surface area contributed by atoms with Gasteiger partial charge in [0.1, 0.15) is 0 Å². The van der Waals surface area contributed by atoms with Gasteiger partial charge in [-0.1, -0.05) is 24.8 Å². The van der Waals surface area contributed by atoms with Crippen molar-refractivity contribution in [3.63, 3.8) is 0 Å². The fourth-order valence-electron chi connectivity index (χ4n) is 2.07.